The molecule has 0 aliphatic carbocycles. The summed E-state index contributed by atoms with van der Waals surface area (Å²) < 4.78 is 4.64. The van der Waals surface area contributed by atoms with E-state index < -0.39 is 5.97 Å². The lowest BCUT2D eigenvalue weighted by molar-refractivity contribution is 0.0591. The Balaban J connectivity index is 3.04. The number of esters is 1. The highest BCUT2D eigenvalue weighted by Gasteiger charge is 2.23. The van der Waals surface area contributed by atoms with Crippen LogP contribution < -0.4 is 5.32 Å². The van der Waals surface area contributed by atoms with Crippen LogP contribution in [0.25, 0.3) is 0 Å². The highest BCUT2D eigenvalue weighted by Crippen LogP contribution is 2.26. The molecule has 106 valence electrons. The molecule has 0 bridgehead atoms. The van der Waals surface area contributed by atoms with Gasteiger partial charge in [0, 0.05) is 13.0 Å². The van der Waals surface area contributed by atoms with Crippen molar-refractivity contribution in [1.29, 1.82) is 0 Å². The van der Waals surface area contributed by atoms with Gasteiger partial charge in [-0.2, -0.15) is 0 Å². The van der Waals surface area contributed by atoms with E-state index in [9.17, 15) is 9.59 Å². The van der Waals surface area contributed by atoms with Gasteiger partial charge in [0.05, 0.1) is 7.11 Å². The fourth-order valence-electron chi connectivity index (χ4n) is 1.75. The molecule has 0 aliphatic heterocycles. The average Bonchev–Trinajstić information content (AvgIpc) is 2.78. The summed E-state index contributed by atoms with van der Waals surface area (Å²) in [4.78, 5) is 27.6. The number of nitrogens with one attached hydrogen (secondary N) is 1. The van der Waals surface area contributed by atoms with Gasteiger partial charge < -0.3 is 10.1 Å². The molecule has 0 aliphatic rings. The summed E-state index contributed by atoms with van der Waals surface area (Å²) in [6.45, 7) is 7.73. The maximum atomic E-state index is 11.6. The Kier molecular flexibility index (Phi) is 5.47. The van der Waals surface area contributed by atoms with Crippen LogP contribution in [-0.2, 0) is 4.74 Å². The number of carbonyl (C=O) groups excluding carboxylic acids is 2. The number of ketones is 1. The van der Waals surface area contributed by atoms with Crippen molar-refractivity contribution in [3.8, 4) is 0 Å². The third-order valence-electron chi connectivity index (χ3n) is 2.88. The van der Waals surface area contributed by atoms with Gasteiger partial charge in [-0.3, -0.25) is 4.79 Å². The molecule has 1 aromatic heterocycles. The number of thiazole rings is 1. The number of carbonyl (C=O) groups is 2. The van der Waals surface area contributed by atoms with Crippen LogP contribution in [0.4, 0.5) is 5.13 Å². The Morgan fingerprint density at radius 3 is 2.47 bits per heavy atom. The van der Waals surface area contributed by atoms with Crippen molar-refractivity contribution in [2.75, 3.05) is 12.4 Å². The van der Waals surface area contributed by atoms with Crippen LogP contribution in [0.1, 0.15) is 54.3 Å². The van der Waals surface area contributed by atoms with E-state index in [1.54, 1.807) is 0 Å². The molecule has 1 rings (SSSR count). The van der Waals surface area contributed by atoms with E-state index in [1.165, 1.54) is 25.4 Å². The molecule has 1 aromatic rings. The molecule has 5 nitrogen and oxygen atoms in total. The third-order valence-corrected chi connectivity index (χ3v) is 3.97. The predicted octanol–water partition coefficient (Wildman–Crippen LogP) is 2.98. The van der Waals surface area contributed by atoms with Crippen molar-refractivity contribution >= 4 is 28.2 Å². The highest BCUT2D eigenvalue weighted by atomic mass is 32.1. The second-order valence-electron chi connectivity index (χ2n) is 4.65. The molecule has 1 N–H and O–H groups in total. The van der Waals surface area contributed by atoms with E-state index in [-0.39, 0.29) is 17.5 Å². The van der Waals surface area contributed by atoms with Gasteiger partial charge in [-0.15, -0.1) is 0 Å². The van der Waals surface area contributed by atoms with Crippen molar-refractivity contribution < 1.29 is 14.3 Å². The number of anilines is 1. The van der Waals surface area contributed by atoms with Crippen molar-refractivity contribution in [3.63, 3.8) is 0 Å². The molecule has 6 heteroatoms. The van der Waals surface area contributed by atoms with Gasteiger partial charge in [-0.1, -0.05) is 32.1 Å². The normalized spacial score (nSPS) is 12.3. The Labute approximate surface area is 117 Å². The van der Waals surface area contributed by atoms with E-state index in [0.29, 0.717) is 15.9 Å². The number of hydrogen-bond donors (Lipinski definition) is 1. The first-order chi connectivity index (χ1) is 8.90. The van der Waals surface area contributed by atoms with Crippen LogP contribution in [-0.4, -0.2) is 29.9 Å². The van der Waals surface area contributed by atoms with Gasteiger partial charge in [0.2, 0.25) is 0 Å². The second kappa shape index (κ2) is 6.65. The first-order valence-electron chi connectivity index (χ1n) is 6.27. The Hall–Kier alpha value is -1.43. The van der Waals surface area contributed by atoms with Crippen LogP contribution in [0, 0.1) is 5.92 Å². The SMILES string of the molecule is CCC(Nc1nc(C(=O)OC)c(C(C)=O)s1)C(C)C. The van der Waals surface area contributed by atoms with Gasteiger partial charge in [0.15, 0.2) is 16.6 Å². The zero-order valence-electron chi connectivity index (χ0n) is 11.9. The molecule has 0 fully saturated rings. The van der Waals surface area contributed by atoms with Crippen LogP contribution >= 0.6 is 11.3 Å². The quantitative estimate of drug-likeness (QED) is 0.642. The van der Waals surface area contributed by atoms with Crippen molar-refractivity contribution in [2.45, 2.75) is 40.2 Å². The maximum Gasteiger partial charge on any atom is 0.358 e. The molecule has 0 saturated carbocycles. The molecule has 0 spiro atoms. The van der Waals surface area contributed by atoms with Crippen molar-refractivity contribution in [1.82, 2.24) is 4.98 Å². The lowest BCUT2D eigenvalue weighted by atomic mass is 10.0. The number of methoxy groups -OCH3 is 1. The molecule has 19 heavy (non-hydrogen) atoms. The summed E-state index contributed by atoms with van der Waals surface area (Å²) in [6, 6.07) is 0.261. The van der Waals surface area contributed by atoms with Crippen LogP contribution in [0.5, 0.6) is 0 Å². The summed E-state index contributed by atoms with van der Waals surface area (Å²) in [6.07, 6.45) is 0.945. The third kappa shape index (κ3) is 3.76. The first kappa shape index (κ1) is 15.6. The number of nitrogens with zero attached hydrogens (tertiary/aromatic N) is 1. The molecule has 0 aromatic carbocycles. The number of ether oxygens (including phenoxy) is 1. The largest absolute Gasteiger partial charge is 0.464 e. The molecule has 0 radical (unpaired) electrons. The summed E-state index contributed by atoms with van der Waals surface area (Å²) in [7, 11) is 1.28. The molecule has 1 unspecified atom stereocenters. The lowest BCUT2D eigenvalue weighted by Gasteiger charge is -2.19. The summed E-state index contributed by atoms with van der Waals surface area (Å²) in [5.41, 5.74) is 0.0982. The molecular weight excluding hydrogens is 264 g/mol. The average molecular weight is 284 g/mol. The van der Waals surface area contributed by atoms with Crippen molar-refractivity contribution in [3.05, 3.63) is 10.6 Å². The fraction of sp³-hybridized carbons (Fsp3) is 0.615. The Morgan fingerprint density at radius 1 is 1.42 bits per heavy atom. The van der Waals surface area contributed by atoms with E-state index in [2.05, 4.69) is 35.8 Å². The standard InChI is InChI=1S/C13H20N2O3S/c1-6-9(7(2)3)14-13-15-10(12(17)18-5)11(19-13)8(4)16/h7,9H,6H2,1-5H3,(H,14,15). The Morgan fingerprint density at radius 2 is 2.05 bits per heavy atom. The monoisotopic (exact) mass is 284 g/mol. The molecule has 1 atom stereocenters. The van der Waals surface area contributed by atoms with E-state index in [1.807, 2.05) is 0 Å². The van der Waals surface area contributed by atoms with Gasteiger partial charge >= 0.3 is 5.97 Å². The summed E-state index contributed by atoms with van der Waals surface area (Å²) >= 11 is 1.20. The van der Waals surface area contributed by atoms with E-state index in [4.69, 9.17) is 0 Å². The van der Waals surface area contributed by atoms with Gasteiger partial charge in [0.1, 0.15) is 4.88 Å². The number of hydrogen-bond acceptors (Lipinski definition) is 6. The lowest BCUT2D eigenvalue weighted by Crippen LogP contribution is -2.24. The summed E-state index contributed by atoms with van der Waals surface area (Å²) in [5.74, 6) is -0.313. The van der Waals surface area contributed by atoms with E-state index in [0.717, 1.165) is 6.42 Å². The fourth-order valence-corrected chi connectivity index (χ4v) is 2.66. The minimum Gasteiger partial charge on any atom is -0.464 e. The first-order valence-corrected chi connectivity index (χ1v) is 7.08. The maximum absolute atomic E-state index is 11.6. The van der Waals surface area contributed by atoms with E-state index >= 15 is 0 Å². The minimum atomic E-state index is -0.577. The topological polar surface area (TPSA) is 68.3 Å². The number of Topliss-reactive ketones (excluding diaryl/α,β-unsaturated/α-hetero) is 1. The van der Waals surface area contributed by atoms with Crippen LogP contribution in [0.2, 0.25) is 0 Å². The Bertz CT molecular complexity index is 468. The predicted molar refractivity (Wildman–Crippen MR) is 76.0 cm³/mol. The minimum absolute atomic E-state index is 0.0982. The molecular formula is C13H20N2O3S. The van der Waals surface area contributed by atoms with Crippen LogP contribution in [0.15, 0.2) is 0 Å². The van der Waals surface area contributed by atoms with Crippen LogP contribution in [0.3, 0.4) is 0 Å². The smallest absolute Gasteiger partial charge is 0.358 e. The summed E-state index contributed by atoms with van der Waals surface area (Å²) in [5, 5.41) is 3.86. The number of rotatable bonds is 6. The van der Waals surface area contributed by atoms with Gasteiger partial charge in [-0.25, -0.2) is 9.78 Å². The van der Waals surface area contributed by atoms with Gasteiger partial charge in [0.25, 0.3) is 0 Å². The highest BCUT2D eigenvalue weighted by molar-refractivity contribution is 7.17. The number of aromatic nitrogens is 1. The molecule has 0 amide bonds. The second-order valence-corrected chi connectivity index (χ2v) is 5.65. The zero-order chi connectivity index (χ0) is 14.6. The van der Waals surface area contributed by atoms with Gasteiger partial charge in [-0.05, 0) is 12.3 Å². The van der Waals surface area contributed by atoms with Crippen molar-refractivity contribution in [2.24, 2.45) is 5.92 Å². The molecule has 0 saturated heterocycles. The molecule has 1 heterocycles. The zero-order valence-corrected chi connectivity index (χ0v) is 12.8.